The van der Waals surface area contributed by atoms with Gasteiger partial charge >= 0.3 is 0 Å². The highest BCUT2D eigenvalue weighted by molar-refractivity contribution is 7.91. The molecule has 4 rings (SSSR count). The summed E-state index contributed by atoms with van der Waals surface area (Å²) in [5.74, 6) is 0. The Morgan fingerprint density at radius 2 is 1.61 bits per heavy atom. The molecule has 2 aromatic carbocycles. The van der Waals surface area contributed by atoms with Crippen LogP contribution in [0.1, 0.15) is 54.5 Å². The van der Waals surface area contributed by atoms with Gasteiger partial charge in [0.1, 0.15) is 9.92 Å². The Kier molecular flexibility index (Phi) is 5.89. The third kappa shape index (κ3) is 4.24. The Bertz CT molecular complexity index is 1070. The van der Waals surface area contributed by atoms with Crippen molar-refractivity contribution >= 4 is 15.6 Å². The van der Waals surface area contributed by atoms with E-state index in [1.54, 1.807) is 12.1 Å². The summed E-state index contributed by atoms with van der Waals surface area (Å²) in [5.41, 5.74) is 7.18. The molecule has 0 saturated carbocycles. The van der Waals surface area contributed by atoms with Gasteiger partial charge in [-0.3, -0.25) is 0 Å². The van der Waals surface area contributed by atoms with Crippen LogP contribution >= 0.6 is 0 Å². The molecule has 31 heavy (non-hydrogen) atoms. The van der Waals surface area contributed by atoms with Crippen molar-refractivity contribution in [3.05, 3.63) is 58.1 Å². The van der Waals surface area contributed by atoms with Crippen molar-refractivity contribution in [1.82, 2.24) is 4.90 Å². The first-order valence-electron chi connectivity index (χ1n) is 11.0. The van der Waals surface area contributed by atoms with Gasteiger partial charge in [0.15, 0.2) is 0 Å². The normalized spacial score (nSPS) is 18.4. The summed E-state index contributed by atoms with van der Waals surface area (Å²) in [6.45, 7) is 4.24. The Balaban J connectivity index is 1.60. The average molecular weight is 443 g/mol. The summed E-state index contributed by atoms with van der Waals surface area (Å²) in [6, 6.07) is 9.68. The first-order chi connectivity index (χ1) is 14.6. The van der Waals surface area contributed by atoms with Crippen LogP contribution in [0.5, 0.6) is 0 Å². The Morgan fingerprint density at radius 3 is 2.13 bits per heavy atom. The quantitative estimate of drug-likeness (QED) is 0.597. The number of hydrogen-bond acceptors (Lipinski definition) is 5. The summed E-state index contributed by atoms with van der Waals surface area (Å²) in [4.78, 5) is 2.53. The number of rotatable bonds is 6. The second kappa shape index (κ2) is 8.20. The van der Waals surface area contributed by atoms with Crippen LogP contribution in [0.4, 0.5) is 5.69 Å². The maximum atomic E-state index is 13.2. The topological polar surface area (TPSA) is 91.0 Å². The highest BCUT2D eigenvalue weighted by Gasteiger charge is 2.26. The van der Waals surface area contributed by atoms with Gasteiger partial charge in [0.25, 0.3) is 0 Å². The fourth-order valence-electron chi connectivity index (χ4n) is 4.67. The zero-order chi connectivity index (χ0) is 22.4. The summed E-state index contributed by atoms with van der Waals surface area (Å²) >= 11 is 0. The SMILES string of the molecule is CN(C)C(C)(C)c1ccc(S(N)(=O)=NC(O)Nc2c3c(cc4c2CCC4)CCC3)cc1. The van der Waals surface area contributed by atoms with Gasteiger partial charge in [-0.05, 0) is 106 Å². The Morgan fingerprint density at radius 1 is 1.06 bits per heavy atom. The van der Waals surface area contributed by atoms with Gasteiger partial charge in [0, 0.05) is 11.2 Å². The van der Waals surface area contributed by atoms with Crippen LogP contribution in [0.3, 0.4) is 0 Å². The maximum Gasteiger partial charge on any atom is 0.233 e. The van der Waals surface area contributed by atoms with Crippen LogP contribution < -0.4 is 10.5 Å². The van der Waals surface area contributed by atoms with E-state index in [4.69, 9.17) is 5.14 Å². The van der Waals surface area contributed by atoms with Crippen molar-refractivity contribution in [3.63, 3.8) is 0 Å². The zero-order valence-corrected chi connectivity index (χ0v) is 19.8. The van der Waals surface area contributed by atoms with Crippen molar-refractivity contribution in [3.8, 4) is 0 Å². The molecule has 2 atom stereocenters. The molecule has 0 aromatic heterocycles. The number of benzene rings is 2. The predicted molar refractivity (Wildman–Crippen MR) is 126 cm³/mol. The number of aliphatic hydroxyl groups excluding tert-OH is 1. The van der Waals surface area contributed by atoms with E-state index in [9.17, 15) is 9.32 Å². The minimum Gasteiger partial charge on any atom is -0.355 e. The fourth-order valence-corrected chi connectivity index (χ4v) is 5.67. The minimum atomic E-state index is -3.24. The predicted octanol–water partition coefficient (Wildman–Crippen LogP) is 3.55. The maximum absolute atomic E-state index is 13.2. The van der Waals surface area contributed by atoms with E-state index in [1.807, 2.05) is 26.2 Å². The van der Waals surface area contributed by atoms with Gasteiger partial charge in [-0.25, -0.2) is 9.35 Å². The second-order valence-corrected chi connectivity index (χ2v) is 11.2. The largest absolute Gasteiger partial charge is 0.355 e. The van der Waals surface area contributed by atoms with Crippen LogP contribution in [0, 0.1) is 0 Å². The third-order valence-electron chi connectivity index (χ3n) is 7.02. The first-order valence-corrected chi connectivity index (χ1v) is 12.6. The van der Waals surface area contributed by atoms with E-state index in [0.717, 1.165) is 49.8 Å². The van der Waals surface area contributed by atoms with Gasteiger partial charge in [-0.1, -0.05) is 18.2 Å². The van der Waals surface area contributed by atoms with Crippen LogP contribution in [-0.2, 0) is 41.1 Å². The number of aliphatic hydroxyl groups is 1. The summed E-state index contributed by atoms with van der Waals surface area (Å²) in [7, 11) is 0.803. The summed E-state index contributed by atoms with van der Waals surface area (Å²) in [6.07, 6.45) is 5.08. The fraction of sp³-hybridized carbons (Fsp3) is 0.500. The van der Waals surface area contributed by atoms with E-state index in [-0.39, 0.29) is 5.54 Å². The van der Waals surface area contributed by atoms with E-state index in [0.29, 0.717) is 4.90 Å². The van der Waals surface area contributed by atoms with Gasteiger partial charge in [-0.2, -0.15) is 4.36 Å². The summed E-state index contributed by atoms with van der Waals surface area (Å²) in [5, 5.41) is 19.9. The molecule has 7 heteroatoms. The van der Waals surface area contributed by atoms with Crippen molar-refractivity contribution in [1.29, 1.82) is 0 Å². The molecule has 168 valence electrons. The molecule has 2 aliphatic carbocycles. The smallest absolute Gasteiger partial charge is 0.233 e. The van der Waals surface area contributed by atoms with Crippen LogP contribution in [0.25, 0.3) is 0 Å². The molecule has 0 radical (unpaired) electrons. The molecule has 0 amide bonds. The molecule has 0 aliphatic heterocycles. The molecule has 0 bridgehead atoms. The lowest BCUT2D eigenvalue weighted by Gasteiger charge is -2.33. The number of nitrogens with two attached hydrogens (primary N) is 1. The van der Waals surface area contributed by atoms with Crippen LogP contribution in [0.15, 0.2) is 39.6 Å². The van der Waals surface area contributed by atoms with Crippen LogP contribution in [0.2, 0.25) is 0 Å². The van der Waals surface area contributed by atoms with Gasteiger partial charge in [-0.15, -0.1) is 0 Å². The average Bonchev–Trinajstić information content (AvgIpc) is 3.36. The Hall–Kier alpha value is -1.93. The number of nitrogens with one attached hydrogen (secondary N) is 1. The highest BCUT2D eigenvalue weighted by Crippen LogP contribution is 2.39. The van der Waals surface area contributed by atoms with Gasteiger partial charge in [0.05, 0.1) is 4.90 Å². The lowest BCUT2D eigenvalue weighted by atomic mass is 9.93. The molecule has 0 fully saturated rings. The van der Waals surface area contributed by atoms with Crippen LogP contribution in [-0.4, -0.2) is 34.7 Å². The number of hydrogen-bond donors (Lipinski definition) is 3. The molecule has 4 N–H and O–H groups in total. The highest BCUT2D eigenvalue weighted by atomic mass is 32.2. The van der Waals surface area contributed by atoms with Gasteiger partial charge < -0.3 is 15.3 Å². The monoisotopic (exact) mass is 442 g/mol. The number of anilines is 1. The molecule has 6 nitrogen and oxygen atoms in total. The zero-order valence-electron chi connectivity index (χ0n) is 18.9. The molecular formula is C24H34N4O2S. The van der Waals surface area contributed by atoms with E-state index in [1.165, 1.54) is 22.3 Å². The van der Waals surface area contributed by atoms with E-state index in [2.05, 4.69) is 34.5 Å². The second-order valence-electron chi connectivity index (χ2n) is 9.40. The van der Waals surface area contributed by atoms with Crippen molar-refractivity contribution in [2.24, 2.45) is 9.50 Å². The number of aryl methyl sites for hydroxylation is 2. The van der Waals surface area contributed by atoms with Gasteiger partial charge in [0.2, 0.25) is 6.35 Å². The molecule has 0 heterocycles. The Labute approximate surface area is 186 Å². The molecule has 2 unspecified atom stereocenters. The molecule has 0 saturated heterocycles. The van der Waals surface area contributed by atoms with Crippen molar-refractivity contribution in [2.75, 3.05) is 19.4 Å². The molecular weight excluding hydrogens is 408 g/mol. The van der Waals surface area contributed by atoms with E-state index < -0.39 is 16.3 Å². The lowest BCUT2D eigenvalue weighted by molar-refractivity contribution is 0.197. The lowest BCUT2D eigenvalue weighted by Crippen LogP contribution is -2.35. The molecule has 2 aromatic rings. The summed E-state index contributed by atoms with van der Waals surface area (Å²) < 4.78 is 17.2. The molecule has 0 spiro atoms. The van der Waals surface area contributed by atoms with Crippen molar-refractivity contribution in [2.45, 2.75) is 69.2 Å². The first kappa shape index (κ1) is 22.3. The minimum absolute atomic E-state index is 0.166. The molecule has 2 aliphatic rings. The van der Waals surface area contributed by atoms with Crippen molar-refractivity contribution < 1.29 is 9.32 Å². The van der Waals surface area contributed by atoms with E-state index >= 15 is 0 Å². The number of nitrogens with zero attached hydrogens (tertiary/aromatic N) is 2. The number of fused-ring (bicyclic) bond motifs is 2. The third-order valence-corrected chi connectivity index (χ3v) is 8.48. The standard InChI is InChI=1S/C24H34N4O2S/c1-24(2,28(3)4)18-11-13-19(14-12-18)31(25,30)27-23(29)26-22-20-9-5-7-16(20)15-17-8-6-10-21(17)22/h11-15,23,26,29H,5-10H2,1-4H3,(H2,25,27,30).